The number of aromatic nitrogens is 2. The minimum Gasteiger partial charge on any atom is -0.508 e. The molecule has 0 saturated heterocycles. The quantitative estimate of drug-likeness (QED) is 0.772. The molecule has 0 radical (unpaired) electrons. The Morgan fingerprint density at radius 3 is 2.41 bits per heavy atom. The molecule has 0 spiro atoms. The summed E-state index contributed by atoms with van der Waals surface area (Å²) in [5.41, 5.74) is 3.82. The largest absolute Gasteiger partial charge is 0.508 e. The monoisotopic (exact) mass is 291 g/mol. The Balaban J connectivity index is 1.97. The number of phenols is 1. The van der Waals surface area contributed by atoms with Crippen LogP contribution in [-0.2, 0) is 6.42 Å². The molecule has 0 fully saturated rings. The first-order valence-electron chi connectivity index (χ1n) is 7.13. The van der Waals surface area contributed by atoms with Gasteiger partial charge in [-0.2, -0.15) is 0 Å². The van der Waals surface area contributed by atoms with Crippen LogP contribution in [0.3, 0.4) is 0 Å². The maximum atomic E-state index is 9.39. The number of nitrogens with zero attached hydrogens (tertiary/aromatic N) is 2. The summed E-state index contributed by atoms with van der Waals surface area (Å²) < 4.78 is 0. The zero-order valence-electron chi connectivity index (χ0n) is 12.3. The van der Waals surface area contributed by atoms with Gasteiger partial charge in [0.2, 0.25) is 0 Å². The molecule has 0 saturated carbocycles. The van der Waals surface area contributed by atoms with Gasteiger partial charge in [0, 0.05) is 19.0 Å². The van der Waals surface area contributed by atoms with Crippen LogP contribution in [0.25, 0.3) is 11.3 Å². The molecule has 1 aromatic heterocycles. The number of anilines is 1. The number of rotatable bonds is 4. The van der Waals surface area contributed by atoms with E-state index in [9.17, 15) is 5.11 Å². The predicted octanol–water partition coefficient (Wildman–Crippen LogP) is 3.48. The van der Waals surface area contributed by atoms with E-state index in [1.807, 2.05) is 37.4 Å². The Bertz CT molecular complexity index is 755. The van der Waals surface area contributed by atoms with E-state index in [0.29, 0.717) is 0 Å². The molecule has 1 heterocycles. The van der Waals surface area contributed by atoms with Crippen molar-refractivity contribution < 1.29 is 5.11 Å². The maximum absolute atomic E-state index is 9.39. The van der Waals surface area contributed by atoms with Gasteiger partial charge in [-0.15, -0.1) is 0 Å². The van der Waals surface area contributed by atoms with Crippen LogP contribution in [0.2, 0.25) is 0 Å². The molecule has 3 aromatic rings. The van der Waals surface area contributed by atoms with Crippen LogP contribution in [0.5, 0.6) is 5.75 Å². The number of phenolic OH excluding ortho intramolecular Hbond substituents is 1. The van der Waals surface area contributed by atoms with Gasteiger partial charge in [0.1, 0.15) is 11.6 Å². The van der Waals surface area contributed by atoms with Gasteiger partial charge >= 0.3 is 0 Å². The molecule has 110 valence electrons. The fourth-order valence-electron chi connectivity index (χ4n) is 2.32. The highest BCUT2D eigenvalue weighted by Crippen LogP contribution is 2.23. The second-order valence-corrected chi connectivity index (χ2v) is 5.01. The third-order valence-electron chi connectivity index (χ3n) is 3.46. The van der Waals surface area contributed by atoms with E-state index in [-0.39, 0.29) is 5.75 Å². The summed E-state index contributed by atoms with van der Waals surface area (Å²) in [4.78, 5) is 9.19. The van der Waals surface area contributed by atoms with Crippen LogP contribution in [0.1, 0.15) is 11.3 Å². The van der Waals surface area contributed by atoms with Crippen LogP contribution in [0.15, 0.2) is 60.8 Å². The highest BCUT2D eigenvalue weighted by Gasteiger charge is 2.09. The Labute approximate surface area is 129 Å². The van der Waals surface area contributed by atoms with E-state index in [0.717, 1.165) is 29.2 Å². The minimum atomic E-state index is 0.244. The van der Waals surface area contributed by atoms with Crippen molar-refractivity contribution in [3.8, 4) is 17.0 Å². The van der Waals surface area contributed by atoms with E-state index in [4.69, 9.17) is 4.98 Å². The van der Waals surface area contributed by atoms with Gasteiger partial charge in [-0.05, 0) is 29.8 Å². The van der Waals surface area contributed by atoms with Gasteiger partial charge in [-0.1, -0.05) is 30.3 Å². The Morgan fingerprint density at radius 2 is 1.73 bits per heavy atom. The highest BCUT2D eigenvalue weighted by atomic mass is 16.3. The molecule has 4 nitrogen and oxygen atoms in total. The van der Waals surface area contributed by atoms with Crippen LogP contribution < -0.4 is 5.32 Å². The summed E-state index contributed by atoms with van der Waals surface area (Å²) in [6.45, 7) is 0. The van der Waals surface area contributed by atoms with Crippen molar-refractivity contribution >= 4 is 5.82 Å². The Kier molecular flexibility index (Phi) is 4.01. The molecule has 2 aromatic carbocycles. The molecule has 2 N–H and O–H groups in total. The molecule has 0 aliphatic carbocycles. The summed E-state index contributed by atoms with van der Waals surface area (Å²) >= 11 is 0. The van der Waals surface area contributed by atoms with Crippen molar-refractivity contribution in [2.24, 2.45) is 0 Å². The van der Waals surface area contributed by atoms with Gasteiger partial charge in [-0.3, -0.25) is 0 Å². The standard InChI is InChI=1S/C18H17N3O/c1-19-18-16(11-13-5-3-2-4-6-13)21-17(12-20-18)14-7-9-15(22)10-8-14/h2-10,12,22H,11H2,1H3,(H,19,20). The lowest BCUT2D eigenvalue weighted by molar-refractivity contribution is 0.475. The lowest BCUT2D eigenvalue weighted by atomic mass is 10.1. The Morgan fingerprint density at radius 1 is 1.00 bits per heavy atom. The van der Waals surface area contributed by atoms with Crippen molar-refractivity contribution in [3.05, 3.63) is 72.1 Å². The van der Waals surface area contributed by atoms with Crippen LogP contribution in [0, 0.1) is 0 Å². The minimum absolute atomic E-state index is 0.244. The van der Waals surface area contributed by atoms with Gasteiger partial charge in [0.05, 0.1) is 17.6 Å². The van der Waals surface area contributed by atoms with Crippen molar-refractivity contribution in [1.82, 2.24) is 9.97 Å². The number of nitrogens with one attached hydrogen (secondary N) is 1. The smallest absolute Gasteiger partial charge is 0.147 e. The lowest BCUT2D eigenvalue weighted by Gasteiger charge is -2.10. The average Bonchev–Trinajstić information content (AvgIpc) is 2.56. The molecule has 4 heteroatoms. The lowest BCUT2D eigenvalue weighted by Crippen LogP contribution is -2.03. The molecule has 0 bridgehead atoms. The van der Waals surface area contributed by atoms with Crippen molar-refractivity contribution in [2.45, 2.75) is 6.42 Å². The van der Waals surface area contributed by atoms with Gasteiger partial charge in [0.15, 0.2) is 0 Å². The molecule has 0 atom stereocenters. The molecule has 22 heavy (non-hydrogen) atoms. The third kappa shape index (κ3) is 3.06. The van der Waals surface area contributed by atoms with E-state index in [1.54, 1.807) is 18.3 Å². The summed E-state index contributed by atoms with van der Waals surface area (Å²) in [5.74, 6) is 1.03. The first-order valence-corrected chi connectivity index (χ1v) is 7.13. The summed E-state index contributed by atoms with van der Waals surface area (Å²) in [6, 6.07) is 17.2. The third-order valence-corrected chi connectivity index (χ3v) is 3.46. The molecule has 3 rings (SSSR count). The number of benzene rings is 2. The van der Waals surface area contributed by atoms with Crippen LogP contribution in [-0.4, -0.2) is 22.1 Å². The zero-order valence-corrected chi connectivity index (χ0v) is 12.3. The second kappa shape index (κ2) is 6.26. The summed E-state index contributed by atoms with van der Waals surface area (Å²) in [6.07, 6.45) is 2.46. The van der Waals surface area contributed by atoms with Crippen molar-refractivity contribution in [3.63, 3.8) is 0 Å². The normalized spacial score (nSPS) is 10.4. The molecular weight excluding hydrogens is 274 g/mol. The fraction of sp³-hybridized carbons (Fsp3) is 0.111. The van der Waals surface area contributed by atoms with Gasteiger partial charge < -0.3 is 10.4 Å². The molecule has 0 unspecified atom stereocenters. The summed E-state index contributed by atoms with van der Waals surface area (Å²) in [5, 5.41) is 12.5. The van der Waals surface area contributed by atoms with E-state index in [1.165, 1.54) is 5.56 Å². The van der Waals surface area contributed by atoms with Crippen LogP contribution in [0.4, 0.5) is 5.82 Å². The number of hydrogen-bond acceptors (Lipinski definition) is 4. The summed E-state index contributed by atoms with van der Waals surface area (Å²) in [7, 11) is 1.85. The van der Waals surface area contributed by atoms with Crippen molar-refractivity contribution in [1.29, 1.82) is 0 Å². The van der Waals surface area contributed by atoms with Crippen molar-refractivity contribution in [2.75, 3.05) is 12.4 Å². The molecule has 0 aliphatic heterocycles. The first kappa shape index (κ1) is 14.1. The second-order valence-electron chi connectivity index (χ2n) is 5.01. The molecule has 0 aliphatic rings. The SMILES string of the molecule is CNc1ncc(-c2ccc(O)cc2)nc1Cc1ccccc1. The maximum Gasteiger partial charge on any atom is 0.147 e. The van der Waals surface area contributed by atoms with E-state index >= 15 is 0 Å². The molecule has 0 amide bonds. The fourth-order valence-corrected chi connectivity index (χ4v) is 2.32. The zero-order chi connectivity index (χ0) is 15.4. The predicted molar refractivity (Wildman–Crippen MR) is 87.9 cm³/mol. The van der Waals surface area contributed by atoms with E-state index in [2.05, 4.69) is 22.4 Å². The number of hydrogen-bond donors (Lipinski definition) is 2. The van der Waals surface area contributed by atoms with Crippen LogP contribution >= 0.6 is 0 Å². The number of aromatic hydroxyl groups is 1. The highest BCUT2D eigenvalue weighted by molar-refractivity contribution is 5.61. The first-order chi connectivity index (χ1) is 10.8. The van der Waals surface area contributed by atoms with E-state index < -0.39 is 0 Å². The Hall–Kier alpha value is -2.88. The van der Waals surface area contributed by atoms with Gasteiger partial charge in [0.25, 0.3) is 0 Å². The average molecular weight is 291 g/mol. The topological polar surface area (TPSA) is 58.0 Å². The van der Waals surface area contributed by atoms with Gasteiger partial charge in [-0.25, -0.2) is 9.97 Å². The molecular formula is C18H17N3O.